The van der Waals surface area contributed by atoms with Gasteiger partial charge in [0, 0.05) is 24.8 Å². The molecule has 19 heavy (non-hydrogen) atoms. The van der Waals surface area contributed by atoms with Crippen molar-refractivity contribution < 1.29 is 0 Å². The molecule has 1 heterocycles. The van der Waals surface area contributed by atoms with Gasteiger partial charge in [0.05, 0.1) is 12.2 Å². The summed E-state index contributed by atoms with van der Waals surface area (Å²) >= 11 is 0. The molecule has 1 aromatic heterocycles. The summed E-state index contributed by atoms with van der Waals surface area (Å²) < 4.78 is 1.86. The Balaban J connectivity index is 2.84. The Morgan fingerprint density at radius 1 is 1.26 bits per heavy atom. The number of hydrogen-bond acceptors (Lipinski definition) is 3. The fraction of sp³-hybridized carbons (Fsp3) is 0.800. The zero-order chi connectivity index (χ0) is 14.3. The number of rotatable bonds is 9. The van der Waals surface area contributed by atoms with Gasteiger partial charge in [-0.25, -0.2) is 0 Å². The van der Waals surface area contributed by atoms with E-state index in [-0.39, 0.29) is 12.1 Å². The van der Waals surface area contributed by atoms with Gasteiger partial charge in [-0.1, -0.05) is 26.7 Å². The van der Waals surface area contributed by atoms with Gasteiger partial charge in [-0.2, -0.15) is 5.10 Å². The average molecular weight is 266 g/mol. The standard InChI is InChI=1S/C15H30N4/c1-5-7-9-19(10-8-6-2)15(13(3)16)14-11-17-18(4)12-14/h11-13,15H,5-10,16H2,1-4H3. The van der Waals surface area contributed by atoms with Gasteiger partial charge in [-0.05, 0) is 32.9 Å². The Morgan fingerprint density at radius 3 is 2.21 bits per heavy atom. The number of hydrogen-bond donors (Lipinski definition) is 1. The Labute approximate surface area is 118 Å². The molecule has 0 saturated heterocycles. The van der Waals surface area contributed by atoms with E-state index in [1.165, 1.54) is 31.2 Å². The number of unbranched alkanes of at least 4 members (excludes halogenated alkanes) is 2. The Hall–Kier alpha value is -0.870. The van der Waals surface area contributed by atoms with E-state index >= 15 is 0 Å². The maximum atomic E-state index is 6.24. The van der Waals surface area contributed by atoms with E-state index in [9.17, 15) is 0 Å². The third kappa shape index (κ3) is 4.96. The summed E-state index contributed by atoms with van der Waals surface area (Å²) in [7, 11) is 1.96. The molecule has 0 aliphatic rings. The largest absolute Gasteiger partial charge is 0.326 e. The van der Waals surface area contributed by atoms with Crippen molar-refractivity contribution in [3.8, 4) is 0 Å². The topological polar surface area (TPSA) is 47.1 Å². The molecule has 0 saturated carbocycles. The van der Waals surface area contributed by atoms with Crippen LogP contribution in [0.1, 0.15) is 58.1 Å². The van der Waals surface area contributed by atoms with Crippen LogP contribution in [0, 0.1) is 0 Å². The quantitative estimate of drug-likeness (QED) is 0.747. The highest BCUT2D eigenvalue weighted by Gasteiger charge is 2.24. The second-order valence-corrected chi connectivity index (χ2v) is 5.49. The lowest BCUT2D eigenvalue weighted by Gasteiger charge is -2.33. The van der Waals surface area contributed by atoms with Crippen LogP contribution >= 0.6 is 0 Å². The summed E-state index contributed by atoms with van der Waals surface area (Å²) in [5.74, 6) is 0. The summed E-state index contributed by atoms with van der Waals surface area (Å²) in [5, 5.41) is 4.30. The van der Waals surface area contributed by atoms with E-state index in [0.717, 1.165) is 13.1 Å². The molecule has 1 rings (SSSR count). The first-order valence-electron chi connectivity index (χ1n) is 7.58. The zero-order valence-corrected chi connectivity index (χ0v) is 13.0. The van der Waals surface area contributed by atoms with Crippen molar-refractivity contribution in [1.82, 2.24) is 14.7 Å². The molecular formula is C15H30N4. The van der Waals surface area contributed by atoms with Crippen LogP contribution in [0.2, 0.25) is 0 Å². The van der Waals surface area contributed by atoms with Gasteiger partial charge in [-0.3, -0.25) is 9.58 Å². The van der Waals surface area contributed by atoms with Gasteiger partial charge in [0.1, 0.15) is 0 Å². The molecule has 0 aliphatic heterocycles. The molecule has 0 fully saturated rings. The van der Waals surface area contributed by atoms with Gasteiger partial charge >= 0.3 is 0 Å². The van der Waals surface area contributed by atoms with Gasteiger partial charge in [0.2, 0.25) is 0 Å². The molecule has 0 amide bonds. The molecule has 0 aromatic carbocycles. The molecule has 4 heteroatoms. The molecule has 2 unspecified atom stereocenters. The molecule has 0 aliphatic carbocycles. The van der Waals surface area contributed by atoms with Gasteiger partial charge in [0.15, 0.2) is 0 Å². The van der Waals surface area contributed by atoms with Crippen LogP contribution in [-0.2, 0) is 7.05 Å². The van der Waals surface area contributed by atoms with Crippen molar-refractivity contribution in [2.24, 2.45) is 12.8 Å². The van der Waals surface area contributed by atoms with Gasteiger partial charge < -0.3 is 5.73 Å². The first kappa shape index (κ1) is 16.2. The molecule has 1 aromatic rings. The van der Waals surface area contributed by atoms with Crippen LogP contribution in [0.5, 0.6) is 0 Å². The third-order valence-electron chi connectivity index (χ3n) is 3.56. The monoisotopic (exact) mass is 266 g/mol. The Kier molecular flexibility index (Phi) is 7.10. The van der Waals surface area contributed by atoms with E-state index < -0.39 is 0 Å². The van der Waals surface area contributed by atoms with Crippen molar-refractivity contribution in [1.29, 1.82) is 0 Å². The van der Waals surface area contributed by atoms with Crippen LogP contribution in [0.3, 0.4) is 0 Å². The van der Waals surface area contributed by atoms with E-state index in [0.29, 0.717) is 0 Å². The lowest BCUT2D eigenvalue weighted by Crippen LogP contribution is -2.40. The van der Waals surface area contributed by atoms with Crippen molar-refractivity contribution >= 4 is 0 Å². The fourth-order valence-electron chi connectivity index (χ4n) is 2.55. The summed E-state index contributed by atoms with van der Waals surface area (Å²) in [4.78, 5) is 2.54. The number of aromatic nitrogens is 2. The van der Waals surface area contributed by atoms with Crippen LogP contribution in [-0.4, -0.2) is 33.8 Å². The summed E-state index contributed by atoms with van der Waals surface area (Å²) in [6.07, 6.45) is 8.96. The first-order valence-corrected chi connectivity index (χ1v) is 7.58. The van der Waals surface area contributed by atoms with E-state index in [1.807, 2.05) is 17.9 Å². The second kappa shape index (κ2) is 8.33. The molecule has 0 spiro atoms. The van der Waals surface area contributed by atoms with E-state index in [2.05, 4.69) is 37.0 Å². The molecule has 2 N–H and O–H groups in total. The summed E-state index contributed by atoms with van der Waals surface area (Å²) in [5.41, 5.74) is 7.48. The smallest absolute Gasteiger partial charge is 0.0538 e. The SMILES string of the molecule is CCCCN(CCCC)C(c1cnn(C)c1)C(C)N. The molecule has 4 nitrogen and oxygen atoms in total. The maximum Gasteiger partial charge on any atom is 0.0538 e. The predicted molar refractivity (Wildman–Crippen MR) is 81.0 cm³/mol. The molecule has 2 atom stereocenters. The third-order valence-corrected chi connectivity index (χ3v) is 3.56. The molecule has 110 valence electrons. The highest BCUT2D eigenvalue weighted by Crippen LogP contribution is 2.24. The molecule has 0 bridgehead atoms. The highest BCUT2D eigenvalue weighted by molar-refractivity contribution is 5.13. The first-order chi connectivity index (χ1) is 9.10. The minimum atomic E-state index is 0.123. The zero-order valence-electron chi connectivity index (χ0n) is 13.0. The lowest BCUT2D eigenvalue weighted by atomic mass is 10.0. The lowest BCUT2D eigenvalue weighted by molar-refractivity contribution is 0.171. The average Bonchev–Trinajstić information content (AvgIpc) is 2.78. The fourth-order valence-corrected chi connectivity index (χ4v) is 2.55. The van der Waals surface area contributed by atoms with E-state index in [4.69, 9.17) is 5.73 Å². The second-order valence-electron chi connectivity index (χ2n) is 5.49. The van der Waals surface area contributed by atoms with Gasteiger partial charge in [0.25, 0.3) is 0 Å². The van der Waals surface area contributed by atoms with Crippen molar-refractivity contribution in [2.75, 3.05) is 13.1 Å². The van der Waals surface area contributed by atoms with Crippen molar-refractivity contribution in [2.45, 2.75) is 58.5 Å². The minimum Gasteiger partial charge on any atom is -0.326 e. The van der Waals surface area contributed by atoms with Crippen molar-refractivity contribution in [3.63, 3.8) is 0 Å². The summed E-state index contributed by atoms with van der Waals surface area (Å²) in [6, 6.07) is 0.407. The Bertz CT molecular complexity index is 338. The highest BCUT2D eigenvalue weighted by atomic mass is 15.3. The maximum absolute atomic E-state index is 6.24. The predicted octanol–water partition coefficient (Wildman–Crippen LogP) is 2.71. The normalized spacial score (nSPS) is 14.8. The minimum absolute atomic E-state index is 0.123. The number of aryl methyl sites for hydroxylation is 1. The van der Waals surface area contributed by atoms with Crippen LogP contribution in [0.25, 0.3) is 0 Å². The number of nitrogens with two attached hydrogens (primary N) is 1. The number of nitrogens with zero attached hydrogens (tertiary/aromatic N) is 3. The van der Waals surface area contributed by atoms with Crippen LogP contribution in [0.15, 0.2) is 12.4 Å². The van der Waals surface area contributed by atoms with Gasteiger partial charge in [-0.15, -0.1) is 0 Å². The Morgan fingerprint density at radius 2 is 1.84 bits per heavy atom. The van der Waals surface area contributed by atoms with E-state index in [1.54, 1.807) is 0 Å². The summed E-state index contributed by atoms with van der Waals surface area (Å²) in [6.45, 7) is 8.82. The van der Waals surface area contributed by atoms with Crippen molar-refractivity contribution in [3.05, 3.63) is 18.0 Å². The van der Waals surface area contributed by atoms with Crippen LogP contribution < -0.4 is 5.73 Å². The molecular weight excluding hydrogens is 236 g/mol. The van der Waals surface area contributed by atoms with Crippen LogP contribution in [0.4, 0.5) is 0 Å². The molecule has 0 radical (unpaired) electrons.